The number of sulfonamides is 1. The van der Waals surface area contributed by atoms with Crippen molar-refractivity contribution in [2.45, 2.75) is 19.3 Å². The third-order valence-electron chi connectivity index (χ3n) is 3.84. The number of fused-ring (bicyclic) bond motifs is 1. The Bertz CT molecular complexity index is 579. The molecule has 2 aliphatic rings. The average Bonchev–Trinajstić information content (AvgIpc) is 2.85. The number of nitrogens with zero attached hydrogens (tertiary/aromatic N) is 4. The molecule has 0 amide bonds. The van der Waals surface area contributed by atoms with Crippen molar-refractivity contribution in [2.75, 3.05) is 37.3 Å². The van der Waals surface area contributed by atoms with Gasteiger partial charge in [-0.25, -0.2) is 8.42 Å². The Labute approximate surface area is 113 Å². The normalized spacial score (nSPS) is 20.6. The van der Waals surface area contributed by atoms with E-state index in [4.69, 9.17) is 0 Å². The maximum absolute atomic E-state index is 11.5. The van der Waals surface area contributed by atoms with Crippen LogP contribution in [-0.4, -0.2) is 55.4 Å². The van der Waals surface area contributed by atoms with Gasteiger partial charge in [-0.1, -0.05) is 0 Å². The maximum Gasteiger partial charge on any atom is 0.211 e. The topological polar surface area (TPSA) is 66.4 Å². The molecule has 7 heteroatoms. The summed E-state index contributed by atoms with van der Waals surface area (Å²) in [6.07, 6.45) is 4.54. The summed E-state index contributed by atoms with van der Waals surface area (Å²) in [6, 6.07) is 2.12. The molecule has 2 heterocycles. The van der Waals surface area contributed by atoms with Gasteiger partial charge in [0.15, 0.2) is 5.82 Å². The van der Waals surface area contributed by atoms with E-state index in [1.165, 1.54) is 16.1 Å². The average molecular weight is 282 g/mol. The van der Waals surface area contributed by atoms with Gasteiger partial charge in [0.1, 0.15) is 0 Å². The fourth-order valence-corrected chi connectivity index (χ4v) is 3.55. The van der Waals surface area contributed by atoms with Crippen molar-refractivity contribution in [2.24, 2.45) is 0 Å². The Morgan fingerprint density at radius 2 is 1.84 bits per heavy atom. The predicted octanol–water partition coefficient (Wildman–Crippen LogP) is 0.0469. The van der Waals surface area contributed by atoms with Gasteiger partial charge in [-0.15, -0.1) is 5.10 Å². The zero-order chi connectivity index (χ0) is 13.5. The van der Waals surface area contributed by atoms with E-state index in [1.807, 2.05) is 0 Å². The van der Waals surface area contributed by atoms with Crippen molar-refractivity contribution >= 4 is 15.8 Å². The highest BCUT2D eigenvalue weighted by Gasteiger charge is 2.25. The van der Waals surface area contributed by atoms with Crippen molar-refractivity contribution < 1.29 is 8.42 Å². The van der Waals surface area contributed by atoms with Crippen LogP contribution >= 0.6 is 0 Å². The lowest BCUT2D eigenvalue weighted by Gasteiger charge is -2.33. The first-order valence-electron chi connectivity index (χ1n) is 6.59. The molecule has 0 radical (unpaired) electrons. The summed E-state index contributed by atoms with van der Waals surface area (Å²) in [6.45, 7) is 2.41. The Balaban J connectivity index is 1.72. The number of aryl methyl sites for hydroxylation is 2. The second-order valence-corrected chi connectivity index (χ2v) is 7.16. The lowest BCUT2D eigenvalue weighted by Crippen LogP contribution is -2.48. The zero-order valence-electron chi connectivity index (χ0n) is 11.0. The predicted molar refractivity (Wildman–Crippen MR) is 72.7 cm³/mol. The van der Waals surface area contributed by atoms with Crippen molar-refractivity contribution in [3.05, 3.63) is 17.3 Å². The SMILES string of the molecule is CS(=O)(=O)N1CCN(c2cc3c(nn2)CCC3)CC1. The van der Waals surface area contributed by atoms with Crippen LogP contribution in [-0.2, 0) is 22.9 Å². The number of hydrogen-bond acceptors (Lipinski definition) is 5. The van der Waals surface area contributed by atoms with E-state index in [-0.39, 0.29) is 0 Å². The van der Waals surface area contributed by atoms with Crippen molar-refractivity contribution in [3.63, 3.8) is 0 Å². The molecule has 1 aliphatic heterocycles. The molecule has 1 aliphatic carbocycles. The molecule has 0 spiro atoms. The first kappa shape index (κ1) is 12.8. The van der Waals surface area contributed by atoms with E-state index < -0.39 is 10.0 Å². The minimum atomic E-state index is -3.07. The van der Waals surface area contributed by atoms with Gasteiger partial charge in [0.05, 0.1) is 11.9 Å². The molecular formula is C12H18N4O2S. The Morgan fingerprint density at radius 3 is 2.53 bits per heavy atom. The third-order valence-corrected chi connectivity index (χ3v) is 5.14. The van der Waals surface area contributed by atoms with Crippen LogP contribution in [0.2, 0.25) is 0 Å². The van der Waals surface area contributed by atoms with Crippen LogP contribution in [0.4, 0.5) is 5.82 Å². The van der Waals surface area contributed by atoms with Crippen LogP contribution in [0.3, 0.4) is 0 Å². The maximum atomic E-state index is 11.5. The van der Waals surface area contributed by atoms with Gasteiger partial charge in [0.25, 0.3) is 0 Å². The van der Waals surface area contributed by atoms with Crippen LogP contribution in [0.5, 0.6) is 0 Å². The summed E-state index contributed by atoms with van der Waals surface area (Å²) >= 11 is 0. The number of hydrogen-bond donors (Lipinski definition) is 0. The molecule has 19 heavy (non-hydrogen) atoms. The lowest BCUT2D eigenvalue weighted by atomic mass is 10.2. The number of anilines is 1. The highest BCUT2D eigenvalue weighted by Crippen LogP contribution is 2.23. The monoisotopic (exact) mass is 282 g/mol. The standard InChI is InChI=1S/C12H18N4O2S/c1-19(17,18)16-7-5-15(6-8-16)12-9-10-3-2-4-11(10)13-14-12/h9H,2-8H2,1H3. The van der Waals surface area contributed by atoms with Gasteiger partial charge in [-0.2, -0.15) is 9.40 Å². The molecule has 6 nitrogen and oxygen atoms in total. The molecule has 0 saturated carbocycles. The molecule has 0 bridgehead atoms. The van der Waals surface area contributed by atoms with Gasteiger partial charge in [-0.3, -0.25) is 0 Å². The Hall–Kier alpha value is -1.21. The van der Waals surface area contributed by atoms with Gasteiger partial charge in [-0.05, 0) is 30.9 Å². The largest absolute Gasteiger partial charge is 0.352 e. The van der Waals surface area contributed by atoms with Gasteiger partial charge >= 0.3 is 0 Å². The van der Waals surface area contributed by atoms with E-state index >= 15 is 0 Å². The summed E-state index contributed by atoms with van der Waals surface area (Å²) in [5.41, 5.74) is 2.43. The molecule has 1 aromatic heterocycles. The summed E-state index contributed by atoms with van der Waals surface area (Å²) in [5, 5.41) is 8.55. The van der Waals surface area contributed by atoms with Crippen LogP contribution in [0.15, 0.2) is 6.07 Å². The van der Waals surface area contributed by atoms with Gasteiger partial charge < -0.3 is 4.90 Å². The van der Waals surface area contributed by atoms with Crippen LogP contribution in [0.1, 0.15) is 17.7 Å². The van der Waals surface area contributed by atoms with Crippen molar-refractivity contribution in [1.29, 1.82) is 0 Å². The zero-order valence-corrected chi connectivity index (χ0v) is 11.9. The number of rotatable bonds is 2. The summed E-state index contributed by atoms with van der Waals surface area (Å²) in [4.78, 5) is 2.12. The van der Waals surface area contributed by atoms with E-state index in [0.29, 0.717) is 26.2 Å². The molecule has 0 unspecified atom stereocenters. The third kappa shape index (κ3) is 2.57. The van der Waals surface area contributed by atoms with Crippen LogP contribution in [0.25, 0.3) is 0 Å². The second-order valence-electron chi connectivity index (χ2n) is 5.18. The second kappa shape index (κ2) is 4.72. The molecule has 0 atom stereocenters. The molecule has 0 N–H and O–H groups in total. The fourth-order valence-electron chi connectivity index (χ4n) is 2.72. The Kier molecular flexibility index (Phi) is 3.18. The van der Waals surface area contributed by atoms with Crippen molar-refractivity contribution in [3.8, 4) is 0 Å². The van der Waals surface area contributed by atoms with E-state index in [2.05, 4.69) is 21.2 Å². The Morgan fingerprint density at radius 1 is 1.11 bits per heavy atom. The summed E-state index contributed by atoms with van der Waals surface area (Å²) in [5.74, 6) is 0.883. The fraction of sp³-hybridized carbons (Fsp3) is 0.667. The van der Waals surface area contributed by atoms with E-state index in [9.17, 15) is 8.42 Å². The van der Waals surface area contributed by atoms with Crippen LogP contribution < -0.4 is 4.90 Å². The summed E-state index contributed by atoms with van der Waals surface area (Å²) < 4.78 is 24.4. The number of aromatic nitrogens is 2. The molecule has 104 valence electrons. The summed E-state index contributed by atoms with van der Waals surface area (Å²) in [7, 11) is -3.07. The van der Waals surface area contributed by atoms with Crippen LogP contribution in [0, 0.1) is 0 Å². The molecular weight excluding hydrogens is 264 g/mol. The molecule has 1 saturated heterocycles. The quantitative estimate of drug-likeness (QED) is 0.766. The lowest BCUT2D eigenvalue weighted by molar-refractivity contribution is 0.386. The van der Waals surface area contributed by atoms with E-state index in [0.717, 1.165) is 30.8 Å². The molecule has 1 fully saturated rings. The minimum absolute atomic E-state index is 0.525. The first-order valence-corrected chi connectivity index (χ1v) is 8.44. The number of piperazine rings is 1. The highest BCUT2D eigenvalue weighted by atomic mass is 32.2. The minimum Gasteiger partial charge on any atom is -0.352 e. The van der Waals surface area contributed by atoms with E-state index in [1.54, 1.807) is 0 Å². The molecule has 3 rings (SSSR count). The first-order chi connectivity index (χ1) is 9.04. The molecule has 0 aromatic carbocycles. The van der Waals surface area contributed by atoms with Crippen molar-refractivity contribution in [1.82, 2.24) is 14.5 Å². The van der Waals surface area contributed by atoms with Gasteiger partial charge in [0.2, 0.25) is 10.0 Å². The highest BCUT2D eigenvalue weighted by molar-refractivity contribution is 7.88. The molecule has 1 aromatic rings. The smallest absolute Gasteiger partial charge is 0.211 e. The van der Waals surface area contributed by atoms with Gasteiger partial charge in [0, 0.05) is 26.2 Å².